The number of hydrogen-bond acceptors (Lipinski definition) is 3. The fourth-order valence-corrected chi connectivity index (χ4v) is 2.39. The number of aliphatic hydroxyl groups is 1. The zero-order valence-corrected chi connectivity index (χ0v) is 15.0. The van der Waals surface area contributed by atoms with Gasteiger partial charge in [-0.15, -0.1) is 0 Å². The van der Waals surface area contributed by atoms with Crippen LogP contribution < -0.4 is 10.1 Å². The normalized spacial score (nSPS) is 14.2. The summed E-state index contributed by atoms with van der Waals surface area (Å²) in [6.45, 7) is 9.76. The van der Waals surface area contributed by atoms with Crippen LogP contribution in [0, 0.1) is 6.92 Å². The average Bonchev–Trinajstić information content (AvgIpc) is 2.46. The van der Waals surface area contributed by atoms with E-state index in [9.17, 15) is 5.11 Å². The Kier molecular flexibility index (Phi) is 8.18. The van der Waals surface area contributed by atoms with Crippen molar-refractivity contribution in [2.45, 2.75) is 45.8 Å². The molecule has 0 radical (unpaired) electrons. The molecule has 0 bridgehead atoms. The molecule has 1 rings (SSSR count). The maximum Gasteiger partial charge on any atom is 0.137 e. The van der Waals surface area contributed by atoms with Gasteiger partial charge in [-0.2, -0.15) is 0 Å². The molecule has 0 fully saturated rings. The van der Waals surface area contributed by atoms with Gasteiger partial charge in [0.2, 0.25) is 0 Å². The summed E-state index contributed by atoms with van der Waals surface area (Å²) in [5.74, 6) is 1.12. The highest BCUT2D eigenvalue weighted by atomic mass is 35.5. The maximum absolute atomic E-state index is 10.1. The van der Waals surface area contributed by atoms with Gasteiger partial charge in [-0.05, 0) is 43.0 Å². The molecule has 1 aromatic rings. The van der Waals surface area contributed by atoms with Crippen molar-refractivity contribution < 1.29 is 19.9 Å². The number of ether oxygens (including phenoxy) is 2. The molecular weight excluding hydrogens is 302 g/mol. The summed E-state index contributed by atoms with van der Waals surface area (Å²) >= 11 is 6.19. The molecule has 22 heavy (non-hydrogen) atoms. The Morgan fingerprint density at radius 2 is 1.91 bits per heavy atom. The van der Waals surface area contributed by atoms with Gasteiger partial charge < -0.3 is 19.9 Å². The summed E-state index contributed by atoms with van der Waals surface area (Å²) in [4.78, 5) is 0. The molecule has 0 spiro atoms. The zero-order chi connectivity index (χ0) is 16.7. The van der Waals surface area contributed by atoms with Crippen molar-refractivity contribution >= 4 is 11.6 Å². The third kappa shape index (κ3) is 6.13. The second-order valence-corrected chi connectivity index (χ2v) is 6.57. The van der Waals surface area contributed by atoms with Gasteiger partial charge >= 0.3 is 0 Å². The number of benzene rings is 1. The van der Waals surface area contributed by atoms with Crippen molar-refractivity contribution in [3.63, 3.8) is 0 Å². The highest BCUT2D eigenvalue weighted by molar-refractivity contribution is 6.31. The standard InChI is InChI=1S/C17H28ClNO3/c1-11(2)15-7-16(18)12(3)6-17(15)22-10-14(20)8-19-13(4)9-21-5/h6-7,11,13-14,19-20H,8-10H2,1-5H3/p+1/t13-,14-/m0/s1. The second-order valence-electron chi connectivity index (χ2n) is 6.16. The summed E-state index contributed by atoms with van der Waals surface area (Å²) in [6, 6.07) is 4.22. The molecule has 0 aliphatic carbocycles. The van der Waals surface area contributed by atoms with Crippen LogP contribution in [-0.4, -0.2) is 44.1 Å². The molecule has 0 unspecified atom stereocenters. The lowest BCUT2D eigenvalue weighted by Crippen LogP contribution is -2.92. The number of rotatable bonds is 9. The lowest BCUT2D eigenvalue weighted by molar-refractivity contribution is -0.693. The van der Waals surface area contributed by atoms with Gasteiger partial charge in [-0.3, -0.25) is 0 Å². The summed E-state index contributed by atoms with van der Waals surface area (Å²) < 4.78 is 10.9. The number of methoxy groups -OCH3 is 1. The number of quaternary nitrogens is 1. The maximum atomic E-state index is 10.1. The van der Waals surface area contributed by atoms with Crippen LogP contribution in [0.25, 0.3) is 0 Å². The molecule has 0 aliphatic heterocycles. The molecule has 5 heteroatoms. The van der Waals surface area contributed by atoms with Crippen LogP contribution in [0.5, 0.6) is 5.75 Å². The third-order valence-corrected chi connectivity index (χ3v) is 3.99. The van der Waals surface area contributed by atoms with Gasteiger partial charge in [0, 0.05) is 12.1 Å². The predicted octanol–water partition coefficient (Wildman–Crippen LogP) is 2.11. The van der Waals surface area contributed by atoms with E-state index in [1.54, 1.807) is 7.11 Å². The molecule has 2 atom stereocenters. The van der Waals surface area contributed by atoms with Crippen molar-refractivity contribution in [2.24, 2.45) is 0 Å². The van der Waals surface area contributed by atoms with Crippen LogP contribution in [0.4, 0.5) is 0 Å². The molecular formula is C17H29ClNO3+. The fraction of sp³-hybridized carbons (Fsp3) is 0.647. The van der Waals surface area contributed by atoms with Gasteiger partial charge in [-0.1, -0.05) is 25.4 Å². The highest BCUT2D eigenvalue weighted by Crippen LogP contribution is 2.32. The average molecular weight is 331 g/mol. The highest BCUT2D eigenvalue weighted by Gasteiger charge is 2.15. The van der Waals surface area contributed by atoms with Crippen LogP contribution in [0.3, 0.4) is 0 Å². The third-order valence-electron chi connectivity index (χ3n) is 3.58. The molecule has 1 aromatic carbocycles. The van der Waals surface area contributed by atoms with E-state index < -0.39 is 6.10 Å². The van der Waals surface area contributed by atoms with E-state index >= 15 is 0 Å². The number of aryl methyl sites for hydroxylation is 1. The Hall–Kier alpha value is -0.810. The van der Waals surface area contributed by atoms with E-state index in [4.69, 9.17) is 21.1 Å². The first-order valence-electron chi connectivity index (χ1n) is 7.78. The Balaban J connectivity index is 2.58. The number of nitrogens with two attached hydrogens (primary N) is 1. The molecule has 0 saturated carbocycles. The van der Waals surface area contributed by atoms with Gasteiger partial charge in [0.25, 0.3) is 0 Å². The summed E-state index contributed by atoms with van der Waals surface area (Å²) in [7, 11) is 1.68. The molecule has 0 heterocycles. The molecule has 0 aromatic heterocycles. The lowest BCUT2D eigenvalue weighted by atomic mass is 10.0. The van der Waals surface area contributed by atoms with Crippen molar-refractivity contribution in [1.29, 1.82) is 0 Å². The quantitative estimate of drug-likeness (QED) is 0.729. The second kappa shape index (κ2) is 9.36. The molecule has 0 aliphatic rings. The minimum atomic E-state index is -0.518. The van der Waals surface area contributed by atoms with E-state index in [2.05, 4.69) is 26.1 Å². The molecule has 4 nitrogen and oxygen atoms in total. The summed E-state index contributed by atoms with van der Waals surface area (Å²) in [5.41, 5.74) is 2.05. The molecule has 0 saturated heterocycles. The van der Waals surface area contributed by atoms with Crippen LogP contribution in [0.2, 0.25) is 5.02 Å². The van der Waals surface area contributed by atoms with Gasteiger partial charge in [-0.25, -0.2) is 0 Å². The van der Waals surface area contributed by atoms with Gasteiger partial charge in [0.15, 0.2) is 0 Å². The zero-order valence-electron chi connectivity index (χ0n) is 14.2. The van der Waals surface area contributed by atoms with Crippen LogP contribution >= 0.6 is 11.6 Å². The first kappa shape index (κ1) is 19.2. The van der Waals surface area contributed by atoms with E-state index in [1.165, 1.54) is 0 Å². The minimum Gasteiger partial charge on any atom is -0.490 e. The van der Waals surface area contributed by atoms with Crippen LogP contribution in [0.15, 0.2) is 12.1 Å². The Labute approximate surface area is 138 Å². The first-order chi connectivity index (χ1) is 10.3. The Morgan fingerprint density at radius 3 is 2.50 bits per heavy atom. The lowest BCUT2D eigenvalue weighted by Gasteiger charge is -2.18. The molecule has 126 valence electrons. The van der Waals surface area contributed by atoms with Gasteiger partial charge in [0.1, 0.15) is 31.0 Å². The van der Waals surface area contributed by atoms with E-state index in [1.807, 2.05) is 19.1 Å². The number of aliphatic hydroxyl groups excluding tert-OH is 1. The van der Waals surface area contributed by atoms with E-state index in [0.29, 0.717) is 25.1 Å². The summed E-state index contributed by atoms with van der Waals surface area (Å²) in [5, 5.41) is 12.9. The van der Waals surface area contributed by atoms with Crippen molar-refractivity contribution in [1.82, 2.24) is 0 Å². The number of halogens is 1. The Bertz CT molecular complexity index is 465. The fourth-order valence-electron chi connectivity index (χ4n) is 2.22. The minimum absolute atomic E-state index is 0.275. The van der Waals surface area contributed by atoms with Crippen molar-refractivity contribution in [3.05, 3.63) is 28.3 Å². The molecule has 3 N–H and O–H groups in total. The Morgan fingerprint density at radius 1 is 1.23 bits per heavy atom. The molecule has 0 amide bonds. The van der Waals surface area contributed by atoms with Crippen molar-refractivity contribution in [3.8, 4) is 5.75 Å². The van der Waals surface area contributed by atoms with E-state index in [-0.39, 0.29) is 6.61 Å². The topological polar surface area (TPSA) is 55.3 Å². The SMILES string of the molecule is COC[C@H](C)[NH2+]C[C@H](O)COc1cc(C)c(Cl)cc1C(C)C. The smallest absolute Gasteiger partial charge is 0.137 e. The number of hydrogen-bond donors (Lipinski definition) is 2. The predicted molar refractivity (Wildman–Crippen MR) is 89.9 cm³/mol. The van der Waals surface area contributed by atoms with Crippen LogP contribution in [0.1, 0.15) is 37.8 Å². The summed E-state index contributed by atoms with van der Waals surface area (Å²) in [6.07, 6.45) is -0.518. The first-order valence-corrected chi connectivity index (χ1v) is 8.16. The van der Waals surface area contributed by atoms with E-state index in [0.717, 1.165) is 21.9 Å². The monoisotopic (exact) mass is 330 g/mol. The van der Waals surface area contributed by atoms with Gasteiger partial charge in [0.05, 0.1) is 6.61 Å². The van der Waals surface area contributed by atoms with Crippen LogP contribution in [-0.2, 0) is 4.74 Å². The van der Waals surface area contributed by atoms with Crippen molar-refractivity contribution in [2.75, 3.05) is 26.9 Å². The largest absolute Gasteiger partial charge is 0.490 e.